The third-order valence-corrected chi connectivity index (χ3v) is 3.32. The van der Waals surface area contributed by atoms with E-state index in [9.17, 15) is 23.5 Å². The lowest BCUT2D eigenvalue weighted by Crippen LogP contribution is -2.34. The topological polar surface area (TPSA) is 89.9 Å². The summed E-state index contributed by atoms with van der Waals surface area (Å²) in [5, 5.41) is 20.6. The van der Waals surface area contributed by atoms with E-state index in [4.69, 9.17) is 5.11 Å². The fraction of sp³-hybridized carbons (Fsp3) is 0.167. The maximum Gasteiger partial charge on any atom is 0.277 e. The van der Waals surface area contributed by atoms with Gasteiger partial charge in [-0.25, -0.2) is 4.39 Å². The summed E-state index contributed by atoms with van der Waals surface area (Å²) >= 11 is 2.76. The Morgan fingerprint density at radius 2 is 1.95 bits per heavy atom. The average Bonchev–Trinajstić information content (AvgIpc) is 2.70. The summed E-state index contributed by atoms with van der Waals surface area (Å²) in [4.78, 5) is 24.2. The molecule has 0 radical (unpaired) electrons. The number of phenolic OH excluding ortho intramolecular Hbond substituents is 1. The molecule has 3 N–H and O–H groups in total. The molecule has 0 aliphatic carbocycles. The van der Waals surface area contributed by atoms with Gasteiger partial charge < -0.3 is 15.5 Å². The Hall–Kier alpha value is -2.00. The first-order valence-electron chi connectivity index (χ1n) is 5.68. The molecule has 0 bridgehead atoms. The first kappa shape index (κ1) is 15.4. The molecular weight excluding hydrogens is 354 g/mol. The van der Waals surface area contributed by atoms with Crippen molar-refractivity contribution in [3.63, 3.8) is 0 Å². The zero-order valence-electron chi connectivity index (χ0n) is 10.4. The van der Waals surface area contributed by atoms with Crippen molar-refractivity contribution in [2.24, 2.45) is 0 Å². The fourth-order valence-corrected chi connectivity index (χ4v) is 2.14. The quantitative estimate of drug-likeness (QED) is 0.423. The van der Waals surface area contributed by atoms with Crippen molar-refractivity contribution in [1.29, 1.82) is 0 Å². The minimum Gasteiger partial charge on any atom is -0.503 e. The second kappa shape index (κ2) is 5.78. The second-order valence-electron chi connectivity index (χ2n) is 4.08. The number of imide groups is 1. The third-order valence-electron chi connectivity index (χ3n) is 2.74. The molecule has 9 heteroatoms. The second-order valence-corrected chi connectivity index (χ2v) is 4.94. The summed E-state index contributed by atoms with van der Waals surface area (Å²) in [7, 11) is 0. The number of carbonyl (C=O) groups is 2. The Morgan fingerprint density at radius 1 is 1.29 bits per heavy atom. The highest BCUT2D eigenvalue weighted by Gasteiger charge is 2.31. The van der Waals surface area contributed by atoms with Crippen LogP contribution in [-0.2, 0) is 9.59 Å². The highest BCUT2D eigenvalue weighted by molar-refractivity contribution is 9.10. The smallest absolute Gasteiger partial charge is 0.277 e. The highest BCUT2D eigenvalue weighted by atomic mass is 79.9. The molecule has 0 unspecified atom stereocenters. The van der Waals surface area contributed by atoms with Crippen molar-refractivity contribution >= 4 is 33.4 Å². The van der Waals surface area contributed by atoms with Crippen LogP contribution in [0.4, 0.5) is 14.5 Å². The molecule has 0 saturated carbocycles. The zero-order valence-corrected chi connectivity index (χ0v) is 11.9. The third kappa shape index (κ3) is 2.74. The number of hydrogen-bond acceptors (Lipinski definition) is 5. The van der Waals surface area contributed by atoms with Crippen LogP contribution in [0.1, 0.15) is 0 Å². The van der Waals surface area contributed by atoms with Crippen molar-refractivity contribution in [2.75, 3.05) is 18.5 Å². The molecule has 0 aromatic heterocycles. The van der Waals surface area contributed by atoms with E-state index in [2.05, 4.69) is 21.2 Å². The lowest BCUT2D eigenvalue weighted by Gasteiger charge is -2.14. The van der Waals surface area contributed by atoms with Crippen LogP contribution in [0.25, 0.3) is 0 Å². The van der Waals surface area contributed by atoms with Gasteiger partial charge in [0.05, 0.1) is 23.3 Å². The lowest BCUT2D eigenvalue weighted by molar-refractivity contribution is -0.137. The Labute approximate surface area is 125 Å². The van der Waals surface area contributed by atoms with Gasteiger partial charge in [-0.3, -0.25) is 14.5 Å². The van der Waals surface area contributed by atoms with E-state index in [1.54, 1.807) is 0 Å². The van der Waals surface area contributed by atoms with Crippen LogP contribution in [0.3, 0.4) is 0 Å². The molecule has 0 spiro atoms. The summed E-state index contributed by atoms with van der Waals surface area (Å²) in [5.74, 6) is -5.18. The van der Waals surface area contributed by atoms with Crippen LogP contribution in [0, 0.1) is 11.6 Å². The maximum absolute atomic E-state index is 13.4. The number of halogens is 3. The van der Waals surface area contributed by atoms with E-state index in [0.717, 1.165) is 17.0 Å². The number of rotatable bonds is 4. The molecule has 1 aliphatic rings. The predicted molar refractivity (Wildman–Crippen MR) is 71.2 cm³/mol. The van der Waals surface area contributed by atoms with E-state index in [-0.39, 0.29) is 22.4 Å². The summed E-state index contributed by atoms with van der Waals surface area (Å²) in [6.07, 6.45) is 0.937. The molecule has 0 saturated heterocycles. The Balaban J connectivity index is 2.30. The van der Waals surface area contributed by atoms with Crippen molar-refractivity contribution in [3.8, 4) is 5.75 Å². The van der Waals surface area contributed by atoms with Gasteiger partial charge in [-0.15, -0.1) is 0 Å². The summed E-state index contributed by atoms with van der Waals surface area (Å²) in [6, 6.07) is 1.03. The normalized spacial score (nSPS) is 14.7. The van der Waals surface area contributed by atoms with Gasteiger partial charge in [0.2, 0.25) is 5.82 Å². The zero-order chi connectivity index (χ0) is 15.7. The molecule has 0 atom stereocenters. The number of nitrogens with one attached hydrogen (secondary N) is 1. The van der Waals surface area contributed by atoms with Gasteiger partial charge in [-0.05, 0) is 22.0 Å². The number of carbonyl (C=O) groups excluding carboxylic acids is 2. The van der Waals surface area contributed by atoms with E-state index < -0.39 is 35.8 Å². The van der Waals surface area contributed by atoms with Crippen molar-refractivity contribution in [2.45, 2.75) is 0 Å². The summed E-state index contributed by atoms with van der Waals surface area (Å²) in [6.45, 7) is -0.590. The number of aliphatic hydroxyl groups is 1. The van der Waals surface area contributed by atoms with Crippen molar-refractivity contribution in [3.05, 3.63) is 33.9 Å². The molecule has 112 valence electrons. The Bertz CT molecular complexity index is 663. The average molecular weight is 363 g/mol. The predicted octanol–water partition coefficient (Wildman–Crippen LogP) is 1.09. The number of β-amino-alcohol motifs (C(OH)–C–C–N with tert-alkyl or cyclic N) is 1. The monoisotopic (exact) mass is 362 g/mol. The van der Waals surface area contributed by atoms with Gasteiger partial charge in [-0.1, -0.05) is 0 Å². The SMILES string of the molecule is O=C1C=C(Nc2cc(Br)c(F)c(F)c2O)C(=O)N1CCO. The van der Waals surface area contributed by atoms with Gasteiger partial charge in [0, 0.05) is 6.08 Å². The van der Waals surface area contributed by atoms with Crippen LogP contribution in [-0.4, -0.2) is 40.1 Å². The maximum atomic E-state index is 13.4. The molecule has 2 amide bonds. The standard InChI is InChI=1S/C12H9BrF2N2O4/c13-5-3-6(11(20)10(15)9(5)14)16-7-4-8(19)17(1-2-18)12(7)21/h3-4,16,18,20H,1-2H2. The van der Waals surface area contributed by atoms with Gasteiger partial charge in [-0.2, -0.15) is 4.39 Å². The van der Waals surface area contributed by atoms with Gasteiger partial charge in [0.1, 0.15) is 5.70 Å². The van der Waals surface area contributed by atoms with E-state index in [0.29, 0.717) is 0 Å². The number of hydrogen-bond donors (Lipinski definition) is 3. The fourth-order valence-electron chi connectivity index (χ4n) is 1.74. The molecule has 1 aromatic rings. The minimum atomic E-state index is -1.49. The van der Waals surface area contributed by atoms with Gasteiger partial charge in [0.15, 0.2) is 11.6 Å². The summed E-state index contributed by atoms with van der Waals surface area (Å²) < 4.78 is 26.3. The van der Waals surface area contributed by atoms with Crippen LogP contribution in [0.2, 0.25) is 0 Å². The first-order chi connectivity index (χ1) is 9.86. The Kier molecular flexibility index (Phi) is 4.24. The lowest BCUT2D eigenvalue weighted by atomic mass is 10.2. The Morgan fingerprint density at radius 3 is 2.57 bits per heavy atom. The van der Waals surface area contributed by atoms with Gasteiger partial charge >= 0.3 is 0 Å². The van der Waals surface area contributed by atoms with E-state index >= 15 is 0 Å². The minimum absolute atomic E-state index is 0.188. The molecule has 1 aliphatic heterocycles. The van der Waals surface area contributed by atoms with E-state index in [1.165, 1.54) is 0 Å². The summed E-state index contributed by atoms with van der Waals surface area (Å²) in [5.41, 5.74) is -0.499. The van der Waals surface area contributed by atoms with Gasteiger partial charge in [0.25, 0.3) is 11.8 Å². The number of nitrogens with zero attached hydrogens (tertiary/aromatic N) is 1. The van der Waals surface area contributed by atoms with Crippen molar-refractivity contribution < 1.29 is 28.6 Å². The highest BCUT2D eigenvalue weighted by Crippen LogP contribution is 2.34. The van der Waals surface area contributed by atoms with Crippen LogP contribution < -0.4 is 5.32 Å². The molecule has 6 nitrogen and oxygen atoms in total. The number of aliphatic hydroxyl groups excluding tert-OH is 1. The van der Waals surface area contributed by atoms with Crippen LogP contribution in [0.15, 0.2) is 22.3 Å². The first-order valence-corrected chi connectivity index (χ1v) is 6.48. The molecule has 21 heavy (non-hydrogen) atoms. The molecule has 1 aromatic carbocycles. The number of amides is 2. The molecule has 0 fully saturated rings. The van der Waals surface area contributed by atoms with Crippen LogP contribution in [0.5, 0.6) is 5.75 Å². The van der Waals surface area contributed by atoms with E-state index in [1.807, 2.05) is 0 Å². The van der Waals surface area contributed by atoms with Crippen molar-refractivity contribution in [1.82, 2.24) is 4.90 Å². The number of aromatic hydroxyl groups is 1. The van der Waals surface area contributed by atoms with Crippen LogP contribution >= 0.6 is 15.9 Å². The molecular formula is C12H9BrF2N2O4. The number of benzene rings is 1. The number of phenols is 1. The number of anilines is 1. The molecule has 2 rings (SSSR count). The largest absolute Gasteiger partial charge is 0.503 e. The molecule has 1 heterocycles.